The molecule has 0 saturated carbocycles. The number of carbonyl (C=O) groups excluding carboxylic acids is 1. The molecule has 2 aromatic rings. The molecule has 0 unspecified atom stereocenters. The van der Waals surface area contributed by atoms with Gasteiger partial charge < -0.3 is 5.32 Å². The lowest BCUT2D eigenvalue weighted by atomic mass is 10.2. The van der Waals surface area contributed by atoms with E-state index in [2.05, 4.69) is 15.0 Å². The van der Waals surface area contributed by atoms with Gasteiger partial charge in [0.2, 0.25) is 0 Å². The van der Waals surface area contributed by atoms with Gasteiger partial charge in [0.1, 0.15) is 5.82 Å². The Morgan fingerprint density at radius 1 is 1.14 bits per heavy atom. The fourth-order valence-electron chi connectivity index (χ4n) is 1.59. The molecule has 0 spiro atoms. The lowest BCUT2D eigenvalue weighted by molar-refractivity contribution is 0.102. The SMILES string of the molecule is CN(C)S(=O)(=O)Nc1cccc(C(=O)Nc2ccccn2)c1. The average Bonchev–Trinajstić information content (AvgIpc) is 2.48. The maximum atomic E-state index is 12.1. The Bertz CT molecular complexity index is 761. The highest BCUT2D eigenvalue weighted by Crippen LogP contribution is 2.14. The Kier molecular flexibility index (Phi) is 4.74. The van der Waals surface area contributed by atoms with E-state index in [-0.39, 0.29) is 5.91 Å². The molecule has 7 nitrogen and oxygen atoms in total. The van der Waals surface area contributed by atoms with Crippen molar-refractivity contribution in [3.05, 3.63) is 54.2 Å². The van der Waals surface area contributed by atoms with Crippen LogP contribution in [0.25, 0.3) is 0 Å². The maximum absolute atomic E-state index is 12.1. The first-order chi connectivity index (χ1) is 10.4. The smallest absolute Gasteiger partial charge is 0.301 e. The van der Waals surface area contributed by atoms with Gasteiger partial charge in [-0.15, -0.1) is 0 Å². The zero-order valence-electron chi connectivity index (χ0n) is 12.1. The highest BCUT2D eigenvalue weighted by molar-refractivity contribution is 7.90. The van der Waals surface area contributed by atoms with Gasteiger partial charge in [-0.25, -0.2) is 4.98 Å². The first kappa shape index (κ1) is 15.9. The first-order valence-electron chi connectivity index (χ1n) is 6.41. The number of carbonyl (C=O) groups is 1. The molecule has 116 valence electrons. The van der Waals surface area contributed by atoms with E-state index >= 15 is 0 Å². The molecule has 0 bridgehead atoms. The van der Waals surface area contributed by atoms with Crippen molar-refractivity contribution in [2.75, 3.05) is 24.1 Å². The van der Waals surface area contributed by atoms with Gasteiger partial charge in [0, 0.05) is 25.9 Å². The predicted molar refractivity (Wildman–Crippen MR) is 84.9 cm³/mol. The molecule has 0 saturated heterocycles. The summed E-state index contributed by atoms with van der Waals surface area (Å²) in [5.74, 6) is 0.0522. The van der Waals surface area contributed by atoms with E-state index in [9.17, 15) is 13.2 Å². The summed E-state index contributed by atoms with van der Waals surface area (Å²) in [6, 6.07) is 11.4. The molecule has 1 aromatic carbocycles. The molecule has 0 aliphatic carbocycles. The summed E-state index contributed by atoms with van der Waals surface area (Å²) in [4.78, 5) is 16.1. The Morgan fingerprint density at radius 3 is 2.55 bits per heavy atom. The molecule has 1 heterocycles. The zero-order chi connectivity index (χ0) is 16.2. The van der Waals surface area contributed by atoms with Gasteiger partial charge in [-0.05, 0) is 30.3 Å². The van der Waals surface area contributed by atoms with E-state index in [0.29, 0.717) is 17.1 Å². The minimum Gasteiger partial charge on any atom is -0.307 e. The van der Waals surface area contributed by atoms with Crippen LogP contribution in [0.15, 0.2) is 48.7 Å². The minimum atomic E-state index is -3.61. The van der Waals surface area contributed by atoms with Gasteiger partial charge in [-0.1, -0.05) is 12.1 Å². The molecule has 0 aliphatic rings. The third-order valence-electron chi connectivity index (χ3n) is 2.76. The normalized spacial score (nSPS) is 11.2. The van der Waals surface area contributed by atoms with Crippen molar-refractivity contribution in [1.82, 2.24) is 9.29 Å². The van der Waals surface area contributed by atoms with E-state index < -0.39 is 10.2 Å². The molecular formula is C14H16N4O3S. The third kappa shape index (κ3) is 4.03. The highest BCUT2D eigenvalue weighted by atomic mass is 32.2. The molecule has 2 N–H and O–H groups in total. The molecule has 2 rings (SSSR count). The molecule has 1 aromatic heterocycles. The van der Waals surface area contributed by atoms with Crippen molar-refractivity contribution < 1.29 is 13.2 Å². The number of nitrogens with one attached hydrogen (secondary N) is 2. The summed E-state index contributed by atoms with van der Waals surface area (Å²) < 4.78 is 27.0. The standard InChI is InChI=1S/C14H16N4O3S/c1-18(2)22(20,21)17-12-7-5-6-11(10-12)14(19)16-13-8-3-4-9-15-13/h3-10,17H,1-2H3,(H,15,16,19). The van der Waals surface area contributed by atoms with Crippen molar-refractivity contribution in [3.8, 4) is 0 Å². The van der Waals surface area contributed by atoms with Gasteiger partial charge >= 0.3 is 10.2 Å². The Morgan fingerprint density at radius 2 is 1.91 bits per heavy atom. The van der Waals surface area contributed by atoms with Crippen LogP contribution in [-0.4, -0.2) is 37.7 Å². The number of amides is 1. The second kappa shape index (κ2) is 6.54. The fraction of sp³-hybridized carbons (Fsp3) is 0.143. The quantitative estimate of drug-likeness (QED) is 0.874. The number of nitrogens with zero attached hydrogens (tertiary/aromatic N) is 2. The summed E-state index contributed by atoms with van der Waals surface area (Å²) in [5.41, 5.74) is 0.631. The molecule has 0 aliphatic heterocycles. The van der Waals surface area contributed by atoms with Crippen molar-refractivity contribution >= 4 is 27.6 Å². The second-order valence-electron chi connectivity index (χ2n) is 4.64. The molecular weight excluding hydrogens is 304 g/mol. The summed E-state index contributed by atoms with van der Waals surface area (Å²) in [6.45, 7) is 0. The minimum absolute atomic E-state index is 0.308. The van der Waals surface area contributed by atoms with Crippen LogP contribution in [-0.2, 0) is 10.2 Å². The van der Waals surface area contributed by atoms with Gasteiger partial charge in [0.25, 0.3) is 5.91 Å². The number of benzene rings is 1. The lowest BCUT2D eigenvalue weighted by Gasteiger charge is -2.14. The Labute approximate surface area is 129 Å². The maximum Gasteiger partial charge on any atom is 0.301 e. The topological polar surface area (TPSA) is 91.4 Å². The molecule has 0 atom stereocenters. The molecule has 1 amide bonds. The number of rotatable bonds is 5. The van der Waals surface area contributed by atoms with Gasteiger partial charge in [-0.3, -0.25) is 9.52 Å². The van der Waals surface area contributed by atoms with Crippen molar-refractivity contribution in [3.63, 3.8) is 0 Å². The van der Waals surface area contributed by atoms with E-state index in [1.54, 1.807) is 42.6 Å². The van der Waals surface area contributed by atoms with E-state index in [1.165, 1.54) is 20.2 Å². The van der Waals surface area contributed by atoms with Gasteiger partial charge in [0.05, 0.1) is 5.69 Å². The van der Waals surface area contributed by atoms with Crippen molar-refractivity contribution in [1.29, 1.82) is 0 Å². The van der Waals surface area contributed by atoms with Crippen LogP contribution in [0, 0.1) is 0 Å². The fourth-order valence-corrected chi connectivity index (χ4v) is 2.20. The number of pyridine rings is 1. The van der Waals surface area contributed by atoms with Crippen LogP contribution < -0.4 is 10.0 Å². The first-order valence-corrected chi connectivity index (χ1v) is 7.85. The Balaban J connectivity index is 2.16. The summed E-state index contributed by atoms with van der Waals surface area (Å²) in [5, 5.41) is 2.63. The van der Waals surface area contributed by atoms with Crippen molar-refractivity contribution in [2.45, 2.75) is 0 Å². The van der Waals surface area contributed by atoms with Crippen molar-refractivity contribution in [2.24, 2.45) is 0 Å². The number of hydrogen-bond donors (Lipinski definition) is 2. The Hall–Kier alpha value is -2.45. The van der Waals surface area contributed by atoms with Crippen LogP contribution in [0.3, 0.4) is 0 Å². The summed E-state index contributed by atoms with van der Waals surface area (Å²) in [6.07, 6.45) is 1.57. The predicted octanol–water partition coefficient (Wildman–Crippen LogP) is 1.55. The lowest BCUT2D eigenvalue weighted by Crippen LogP contribution is -2.29. The van der Waals surface area contributed by atoms with Gasteiger partial charge in [0.15, 0.2) is 0 Å². The monoisotopic (exact) mass is 320 g/mol. The van der Waals surface area contributed by atoms with Crippen LogP contribution >= 0.6 is 0 Å². The largest absolute Gasteiger partial charge is 0.307 e. The highest BCUT2D eigenvalue weighted by Gasteiger charge is 2.14. The van der Waals surface area contributed by atoms with Crippen LogP contribution in [0.4, 0.5) is 11.5 Å². The number of hydrogen-bond acceptors (Lipinski definition) is 4. The summed E-state index contributed by atoms with van der Waals surface area (Å²) in [7, 11) is -0.780. The van der Waals surface area contributed by atoms with E-state index in [0.717, 1.165) is 4.31 Å². The summed E-state index contributed by atoms with van der Waals surface area (Å²) >= 11 is 0. The number of anilines is 2. The van der Waals surface area contributed by atoms with Crippen LogP contribution in [0.5, 0.6) is 0 Å². The van der Waals surface area contributed by atoms with E-state index in [4.69, 9.17) is 0 Å². The molecule has 0 fully saturated rings. The molecule has 22 heavy (non-hydrogen) atoms. The molecule has 8 heteroatoms. The third-order valence-corrected chi connectivity index (χ3v) is 4.21. The number of aromatic nitrogens is 1. The molecule has 0 radical (unpaired) electrons. The van der Waals surface area contributed by atoms with E-state index in [1.807, 2.05) is 0 Å². The second-order valence-corrected chi connectivity index (χ2v) is 6.52. The average molecular weight is 320 g/mol. The van der Waals surface area contributed by atoms with Crippen LogP contribution in [0.1, 0.15) is 10.4 Å². The zero-order valence-corrected chi connectivity index (χ0v) is 13.0. The van der Waals surface area contributed by atoms with Gasteiger partial charge in [-0.2, -0.15) is 12.7 Å². The van der Waals surface area contributed by atoms with Crippen LogP contribution in [0.2, 0.25) is 0 Å².